The van der Waals surface area contributed by atoms with E-state index in [-0.39, 0.29) is 42.1 Å². The van der Waals surface area contributed by atoms with E-state index in [1.807, 2.05) is 10.6 Å². The fourth-order valence-corrected chi connectivity index (χ4v) is 3.98. The number of rotatable bonds is 3. The van der Waals surface area contributed by atoms with Gasteiger partial charge in [0.1, 0.15) is 6.54 Å². The average Bonchev–Trinajstić information content (AvgIpc) is 2.70. The van der Waals surface area contributed by atoms with Crippen molar-refractivity contribution in [2.45, 2.75) is 26.3 Å². The molecule has 1 aromatic carbocycles. The van der Waals surface area contributed by atoms with Gasteiger partial charge >= 0.3 is 41.6 Å². The van der Waals surface area contributed by atoms with Gasteiger partial charge in [-0.2, -0.15) is 0 Å². The molecule has 0 atom stereocenters. The van der Waals surface area contributed by atoms with Crippen molar-refractivity contribution in [2.75, 3.05) is 19.7 Å². The van der Waals surface area contributed by atoms with Crippen LogP contribution in [-0.4, -0.2) is 75.9 Å². The molecule has 1 aliphatic rings. The minimum atomic E-state index is -0.942. The number of ether oxygens (including phenoxy) is 1. The molecule has 136 valence electrons. The molecule has 0 saturated carbocycles. The molecule has 2 heterocycles. The summed E-state index contributed by atoms with van der Waals surface area (Å²) >= 11 is 12.6. The van der Waals surface area contributed by atoms with Gasteiger partial charge in [-0.3, -0.25) is 4.79 Å². The zero-order chi connectivity index (χ0) is 18.1. The Morgan fingerprint density at radius 3 is 2.58 bits per heavy atom. The van der Waals surface area contributed by atoms with Crippen molar-refractivity contribution in [3.05, 3.63) is 33.4 Å². The van der Waals surface area contributed by atoms with Gasteiger partial charge < -0.3 is 19.3 Å². The first-order valence-electron chi connectivity index (χ1n) is 8.04. The summed E-state index contributed by atoms with van der Waals surface area (Å²) in [5, 5.41) is 11.1. The molecule has 2 aromatic rings. The van der Waals surface area contributed by atoms with E-state index in [4.69, 9.17) is 27.9 Å². The Bertz CT molecular complexity index is 853. The molecule has 0 bridgehead atoms. The van der Waals surface area contributed by atoms with Crippen LogP contribution < -0.4 is 0 Å². The number of hydrogen-bond acceptors (Lipinski definition) is 3. The number of carbonyl (C=O) groups excluding carboxylic acids is 1. The van der Waals surface area contributed by atoms with Crippen LogP contribution >= 0.6 is 23.2 Å². The van der Waals surface area contributed by atoms with Gasteiger partial charge in [0, 0.05) is 35.6 Å². The molecular formula is C17H19Cl2N2NaO4. The van der Waals surface area contributed by atoms with Gasteiger partial charge in [-0.05, 0) is 31.0 Å². The average molecular weight is 409 g/mol. The predicted octanol–water partition coefficient (Wildman–Crippen LogP) is 2.94. The van der Waals surface area contributed by atoms with Crippen LogP contribution in [0.4, 0.5) is 4.79 Å². The van der Waals surface area contributed by atoms with Crippen LogP contribution in [0.25, 0.3) is 10.9 Å². The Kier molecular flexibility index (Phi) is 7.27. The SMILES string of the molecule is CCOC(=O)Cn1c2c(c3cc(Cl)cc(Cl)c31)CCN(C(=O)O)CC2.[NaH]. The number of carboxylic acid groups (broad SMARTS) is 1. The first-order valence-corrected chi connectivity index (χ1v) is 8.80. The number of esters is 1. The molecule has 0 fully saturated rings. The zero-order valence-electron chi connectivity index (χ0n) is 13.7. The molecular weight excluding hydrogens is 390 g/mol. The van der Waals surface area contributed by atoms with E-state index in [0.29, 0.717) is 42.6 Å². The van der Waals surface area contributed by atoms with E-state index < -0.39 is 6.09 Å². The van der Waals surface area contributed by atoms with Crippen LogP contribution in [0.1, 0.15) is 18.2 Å². The van der Waals surface area contributed by atoms with Gasteiger partial charge in [0.2, 0.25) is 0 Å². The normalized spacial score (nSPS) is 13.7. The van der Waals surface area contributed by atoms with Crippen LogP contribution in [0.5, 0.6) is 0 Å². The Hall–Kier alpha value is -0.920. The van der Waals surface area contributed by atoms with E-state index in [1.54, 1.807) is 13.0 Å². The predicted molar refractivity (Wildman–Crippen MR) is 103 cm³/mol. The Balaban J connectivity index is 0.00000243. The van der Waals surface area contributed by atoms with E-state index >= 15 is 0 Å². The second kappa shape index (κ2) is 8.85. The second-order valence-electron chi connectivity index (χ2n) is 5.87. The molecule has 3 rings (SSSR count). The maximum absolute atomic E-state index is 12.1. The third-order valence-electron chi connectivity index (χ3n) is 4.41. The van der Waals surface area contributed by atoms with Crippen LogP contribution in [0.2, 0.25) is 10.0 Å². The Morgan fingerprint density at radius 2 is 1.92 bits per heavy atom. The summed E-state index contributed by atoms with van der Waals surface area (Å²) in [6.45, 7) is 2.85. The third-order valence-corrected chi connectivity index (χ3v) is 4.92. The van der Waals surface area contributed by atoms with Crippen LogP contribution in [0.3, 0.4) is 0 Å². The van der Waals surface area contributed by atoms with Gasteiger partial charge in [-0.25, -0.2) is 4.79 Å². The topological polar surface area (TPSA) is 71.8 Å². The fourth-order valence-electron chi connectivity index (χ4n) is 3.39. The zero-order valence-corrected chi connectivity index (χ0v) is 15.2. The van der Waals surface area contributed by atoms with Crippen LogP contribution in [0, 0.1) is 0 Å². The number of halogens is 2. The number of hydrogen-bond donors (Lipinski definition) is 1. The van der Waals surface area contributed by atoms with Crippen molar-refractivity contribution in [3.8, 4) is 0 Å². The van der Waals surface area contributed by atoms with Crippen molar-refractivity contribution >= 4 is 75.7 Å². The molecule has 1 N–H and O–H groups in total. The van der Waals surface area contributed by atoms with Crippen molar-refractivity contribution in [1.29, 1.82) is 0 Å². The van der Waals surface area contributed by atoms with Crippen molar-refractivity contribution in [2.24, 2.45) is 0 Å². The number of aromatic nitrogens is 1. The van der Waals surface area contributed by atoms with Crippen molar-refractivity contribution in [1.82, 2.24) is 9.47 Å². The summed E-state index contributed by atoms with van der Waals surface area (Å²) in [5.74, 6) is -0.354. The number of carbonyl (C=O) groups is 2. The minimum absolute atomic E-state index is 0. The Labute approximate surface area is 183 Å². The number of amides is 1. The second-order valence-corrected chi connectivity index (χ2v) is 6.71. The van der Waals surface area contributed by atoms with Crippen LogP contribution in [0.15, 0.2) is 12.1 Å². The molecule has 9 heteroatoms. The summed E-state index contributed by atoms with van der Waals surface area (Å²) in [5.41, 5.74) is 2.65. The summed E-state index contributed by atoms with van der Waals surface area (Å²) in [4.78, 5) is 24.7. The molecule has 0 aliphatic carbocycles. The number of fused-ring (bicyclic) bond motifs is 3. The molecule has 0 unspecified atom stereocenters. The van der Waals surface area contributed by atoms with E-state index in [1.165, 1.54) is 4.90 Å². The monoisotopic (exact) mass is 408 g/mol. The summed E-state index contributed by atoms with van der Waals surface area (Å²) < 4.78 is 6.92. The quantitative estimate of drug-likeness (QED) is 0.625. The van der Waals surface area contributed by atoms with Gasteiger partial charge in [0.25, 0.3) is 0 Å². The van der Waals surface area contributed by atoms with Gasteiger partial charge in [0.15, 0.2) is 0 Å². The molecule has 0 radical (unpaired) electrons. The standard InChI is InChI=1S/C17H18Cl2N2O4.Na.H/c1-2-25-15(22)9-21-14-4-6-20(17(23)24)5-3-11(14)12-7-10(18)8-13(19)16(12)21;;/h7-8H,2-6,9H2,1H3,(H,23,24);;. The Morgan fingerprint density at radius 1 is 1.23 bits per heavy atom. The van der Waals surface area contributed by atoms with E-state index in [0.717, 1.165) is 22.2 Å². The maximum atomic E-state index is 12.1. The third kappa shape index (κ3) is 4.15. The molecule has 26 heavy (non-hydrogen) atoms. The first kappa shape index (κ1) is 21.4. The summed E-state index contributed by atoms with van der Waals surface area (Å²) in [7, 11) is 0. The van der Waals surface area contributed by atoms with E-state index in [2.05, 4.69) is 0 Å². The molecule has 1 aromatic heterocycles. The van der Waals surface area contributed by atoms with Gasteiger partial charge in [-0.15, -0.1) is 0 Å². The molecule has 6 nitrogen and oxygen atoms in total. The fraction of sp³-hybridized carbons (Fsp3) is 0.412. The van der Waals surface area contributed by atoms with E-state index in [9.17, 15) is 14.7 Å². The molecule has 0 saturated heterocycles. The van der Waals surface area contributed by atoms with Crippen molar-refractivity contribution in [3.63, 3.8) is 0 Å². The number of nitrogens with zero attached hydrogens (tertiary/aromatic N) is 2. The molecule has 1 amide bonds. The number of benzene rings is 1. The molecule has 0 spiro atoms. The van der Waals surface area contributed by atoms with Gasteiger partial charge in [0.05, 0.1) is 17.1 Å². The molecule has 1 aliphatic heterocycles. The van der Waals surface area contributed by atoms with Gasteiger partial charge in [-0.1, -0.05) is 23.2 Å². The van der Waals surface area contributed by atoms with Crippen molar-refractivity contribution < 1.29 is 19.4 Å². The summed E-state index contributed by atoms with van der Waals surface area (Å²) in [6, 6.07) is 3.47. The van der Waals surface area contributed by atoms with Crippen LogP contribution in [-0.2, 0) is 28.9 Å². The summed E-state index contributed by atoms with van der Waals surface area (Å²) in [6.07, 6.45) is 0.108. The first-order chi connectivity index (χ1) is 11.9.